The normalized spacial score (nSPS) is 16.4. The monoisotopic (exact) mass is 359 g/mol. The lowest BCUT2D eigenvalue weighted by Crippen LogP contribution is -2.38. The van der Waals surface area contributed by atoms with Gasteiger partial charge in [-0.15, -0.1) is 0 Å². The number of nitrogens with zero attached hydrogens (tertiary/aromatic N) is 2. The molecule has 8 heteroatoms. The number of carbonyl (C=O) groups is 2. The fourth-order valence-corrected chi connectivity index (χ4v) is 2.75. The van der Waals surface area contributed by atoms with Gasteiger partial charge in [-0.2, -0.15) is 0 Å². The summed E-state index contributed by atoms with van der Waals surface area (Å²) in [5.41, 5.74) is 0.544. The van der Waals surface area contributed by atoms with Gasteiger partial charge in [0.25, 0.3) is 11.8 Å². The lowest BCUT2D eigenvalue weighted by molar-refractivity contribution is 0.0930. The molecule has 0 aliphatic carbocycles. The molecule has 130 valence electrons. The molecule has 1 unspecified atom stereocenters. The van der Waals surface area contributed by atoms with Crippen LogP contribution in [0.4, 0.5) is 5.69 Å². The largest absolute Gasteiger partial charge is 0.349 e. The quantitative estimate of drug-likeness (QED) is 0.757. The average Bonchev–Trinajstić information content (AvgIpc) is 3.15. The minimum Gasteiger partial charge on any atom is -0.349 e. The topological polar surface area (TPSA) is 96.0 Å². The van der Waals surface area contributed by atoms with E-state index in [1.807, 2.05) is 0 Å². The molecule has 0 spiro atoms. The van der Waals surface area contributed by atoms with Crippen molar-refractivity contribution < 1.29 is 9.59 Å². The van der Waals surface area contributed by atoms with Gasteiger partial charge in [0, 0.05) is 35.7 Å². The van der Waals surface area contributed by atoms with Gasteiger partial charge in [-0.1, -0.05) is 11.6 Å². The number of hydrogen-bond donors (Lipinski definition) is 3. The van der Waals surface area contributed by atoms with E-state index in [2.05, 4.69) is 25.9 Å². The first-order chi connectivity index (χ1) is 12.1. The predicted molar refractivity (Wildman–Crippen MR) is 94.8 cm³/mol. The molecule has 0 bridgehead atoms. The molecule has 3 N–H and O–H groups in total. The third-order valence-electron chi connectivity index (χ3n) is 3.90. The summed E-state index contributed by atoms with van der Waals surface area (Å²) in [5, 5.41) is 9.36. The summed E-state index contributed by atoms with van der Waals surface area (Å²) >= 11 is 5.83. The first kappa shape index (κ1) is 17.3. The van der Waals surface area contributed by atoms with E-state index in [9.17, 15) is 9.59 Å². The SMILES string of the molecule is O=C(NCC1CCCN1)c1nccnc1C(=O)Nc1ccc(Cl)cc1. The second-order valence-electron chi connectivity index (χ2n) is 5.72. The van der Waals surface area contributed by atoms with Crippen molar-refractivity contribution in [3.63, 3.8) is 0 Å². The zero-order chi connectivity index (χ0) is 17.6. The zero-order valence-electron chi connectivity index (χ0n) is 13.5. The van der Waals surface area contributed by atoms with E-state index in [0.717, 1.165) is 19.4 Å². The highest BCUT2D eigenvalue weighted by Gasteiger charge is 2.22. The van der Waals surface area contributed by atoms with Gasteiger partial charge in [0.1, 0.15) is 0 Å². The van der Waals surface area contributed by atoms with E-state index in [1.165, 1.54) is 12.4 Å². The molecule has 1 atom stereocenters. The van der Waals surface area contributed by atoms with Gasteiger partial charge in [0.05, 0.1) is 0 Å². The minimum atomic E-state index is -0.500. The van der Waals surface area contributed by atoms with Crippen LogP contribution >= 0.6 is 11.6 Å². The number of rotatable bonds is 5. The first-order valence-electron chi connectivity index (χ1n) is 8.03. The average molecular weight is 360 g/mol. The smallest absolute Gasteiger partial charge is 0.276 e. The second-order valence-corrected chi connectivity index (χ2v) is 6.15. The lowest BCUT2D eigenvalue weighted by atomic mass is 10.2. The molecule has 1 saturated heterocycles. The second kappa shape index (κ2) is 8.04. The Balaban J connectivity index is 1.69. The van der Waals surface area contributed by atoms with Crippen molar-refractivity contribution in [2.24, 2.45) is 0 Å². The van der Waals surface area contributed by atoms with E-state index < -0.39 is 11.8 Å². The summed E-state index contributed by atoms with van der Waals surface area (Å²) in [6, 6.07) is 6.92. The van der Waals surface area contributed by atoms with Crippen molar-refractivity contribution in [2.45, 2.75) is 18.9 Å². The molecule has 7 nitrogen and oxygen atoms in total. The van der Waals surface area contributed by atoms with Crippen LogP contribution in [0.25, 0.3) is 0 Å². The minimum absolute atomic E-state index is 0.00644. The summed E-state index contributed by atoms with van der Waals surface area (Å²) in [4.78, 5) is 32.9. The van der Waals surface area contributed by atoms with E-state index in [1.54, 1.807) is 24.3 Å². The number of benzene rings is 1. The summed E-state index contributed by atoms with van der Waals surface area (Å²) < 4.78 is 0. The molecule has 0 radical (unpaired) electrons. The number of nitrogens with one attached hydrogen (secondary N) is 3. The number of anilines is 1. The molecule has 1 aromatic heterocycles. The number of carbonyl (C=O) groups excluding carboxylic acids is 2. The van der Waals surface area contributed by atoms with Crippen LogP contribution in [0.15, 0.2) is 36.7 Å². The summed E-state index contributed by atoms with van der Waals surface area (Å²) in [7, 11) is 0. The number of amides is 2. The van der Waals surface area contributed by atoms with Crippen molar-refractivity contribution in [1.29, 1.82) is 0 Å². The Morgan fingerprint density at radius 3 is 2.44 bits per heavy atom. The molecule has 1 aliphatic heterocycles. The third-order valence-corrected chi connectivity index (χ3v) is 4.15. The Morgan fingerprint density at radius 1 is 1.12 bits per heavy atom. The number of hydrogen-bond acceptors (Lipinski definition) is 5. The standard InChI is InChI=1S/C17H18ClN5O2/c18-11-3-5-12(6-4-11)23-17(25)15-14(20-8-9-21-15)16(24)22-10-13-2-1-7-19-13/h3-6,8-9,13,19H,1-2,7,10H2,(H,22,24)(H,23,25). The fourth-order valence-electron chi connectivity index (χ4n) is 2.62. The maximum Gasteiger partial charge on any atom is 0.276 e. The number of halogens is 1. The number of aromatic nitrogens is 2. The molecular weight excluding hydrogens is 342 g/mol. The van der Waals surface area contributed by atoms with Crippen molar-refractivity contribution in [3.8, 4) is 0 Å². The molecule has 2 amide bonds. The molecule has 0 saturated carbocycles. The van der Waals surface area contributed by atoms with Gasteiger partial charge < -0.3 is 16.0 Å². The maximum absolute atomic E-state index is 12.4. The molecule has 2 aromatic rings. The van der Waals surface area contributed by atoms with Crippen LogP contribution < -0.4 is 16.0 Å². The van der Waals surface area contributed by atoms with Crippen LogP contribution in [0.1, 0.15) is 33.8 Å². The Hall–Kier alpha value is -2.51. The van der Waals surface area contributed by atoms with Crippen molar-refractivity contribution in [3.05, 3.63) is 53.1 Å². The zero-order valence-corrected chi connectivity index (χ0v) is 14.2. The Kier molecular flexibility index (Phi) is 5.57. The highest BCUT2D eigenvalue weighted by atomic mass is 35.5. The van der Waals surface area contributed by atoms with Gasteiger partial charge in [-0.25, -0.2) is 9.97 Å². The van der Waals surface area contributed by atoms with E-state index in [4.69, 9.17) is 11.6 Å². The van der Waals surface area contributed by atoms with Crippen molar-refractivity contribution in [1.82, 2.24) is 20.6 Å². The highest BCUT2D eigenvalue weighted by Crippen LogP contribution is 2.14. The Morgan fingerprint density at radius 2 is 1.80 bits per heavy atom. The first-order valence-corrected chi connectivity index (χ1v) is 8.41. The Bertz CT molecular complexity index is 760. The van der Waals surface area contributed by atoms with Gasteiger partial charge in [0.2, 0.25) is 0 Å². The maximum atomic E-state index is 12.4. The fraction of sp³-hybridized carbons (Fsp3) is 0.294. The van der Waals surface area contributed by atoms with Crippen molar-refractivity contribution in [2.75, 3.05) is 18.4 Å². The van der Waals surface area contributed by atoms with Gasteiger partial charge in [-0.3, -0.25) is 9.59 Å². The molecule has 2 heterocycles. The van der Waals surface area contributed by atoms with E-state index >= 15 is 0 Å². The molecule has 25 heavy (non-hydrogen) atoms. The lowest BCUT2D eigenvalue weighted by Gasteiger charge is -2.12. The van der Waals surface area contributed by atoms with Crippen LogP contribution in [-0.4, -0.2) is 40.9 Å². The molecule has 1 fully saturated rings. The van der Waals surface area contributed by atoms with Gasteiger partial charge in [0.15, 0.2) is 11.4 Å². The van der Waals surface area contributed by atoms with Crippen LogP contribution in [0.5, 0.6) is 0 Å². The highest BCUT2D eigenvalue weighted by molar-refractivity contribution is 6.30. The summed E-state index contributed by atoms with van der Waals surface area (Å²) in [6.07, 6.45) is 4.89. The van der Waals surface area contributed by atoms with E-state index in [-0.39, 0.29) is 17.4 Å². The summed E-state index contributed by atoms with van der Waals surface area (Å²) in [6.45, 7) is 1.45. The van der Waals surface area contributed by atoms with Crippen LogP contribution in [0.2, 0.25) is 5.02 Å². The predicted octanol–water partition coefficient (Wildman–Crippen LogP) is 1.86. The molecule has 3 rings (SSSR count). The van der Waals surface area contributed by atoms with E-state index in [0.29, 0.717) is 17.3 Å². The molecule has 1 aromatic carbocycles. The van der Waals surface area contributed by atoms with Crippen LogP contribution in [0, 0.1) is 0 Å². The molecular formula is C17H18ClN5O2. The molecule has 1 aliphatic rings. The van der Waals surface area contributed by atoms with Gasteiger partial charge in [-0.05, 0) is 43.7 Å². The van der Waals surface area contributed by atoms with Crippen LogP contribution in [-0.2, 0) is 0 Å². The van der Waals surface area contributed by atoms with Gasteiger partial charge >= 0.3 is 0 Å². The summed E-state index contributed by atoms with van der Waals surface area (Å²) in [5.74, 6) is -0.914. The van der Waals surface area contributed by atoms with Crippen molar-refractivity contribution >= 4 is 29.1 Å². The third kappa shape index (κ3) is 4.52. The van der Waals surface area contributed by atoms with Crippen LogP contribution in [0.3, 0.4) is 0 Å². The Labute approximate surface area is 150 Å².